The molecule has 0 aliphatic carbocycles. The number of carbonyl (C=O) groups is 1. The van der Waals surface area contributed by atoms with Crippen LogP contribution in [0.1, 0.15) is 28.5 Å². The summed E-state index contributed by atoms with van der Waals surface area (Å²) in [5.41, 5.74) is 1.99. The minimum atomic E-state index is -0.381. The number of hydrogen-bond acceptors (Lipinski definition) is 4. The molecule has 0 amide bonds. The van der Waals surface area contributed by atoms with Crippen molar-refractivity contribution < 1.29 is 9.53 Å². The monoisotopic (exact) mass is 255 g/mol. The fraction of sp³-hybridized carbons (Fsp3) is 0.214. The van der Waals surface area contributed by atoms with Gasteiger partial charge in [0.05, 0.1) is 24.8 Å². The minimum absolute atomic E-state index is 0.334. The molecule has 0 radical (unpaired) electrons. The van der Waals surface area contributed by atoms with Crippen LogP contribution in [0.3, 0.4) is 0 Å². The van der Waals surface area contributed by atoms with Crippen LogP contribution >= 0.6 is 0 Å². The van der Waals surface area contributed by atoms with Crippen LogP contribution in [0.15, 0.2) is 36.5 Å². The van der Waals surface area contributed by atoms with E-state index in [4.69, 9.17) is 10.00 Å². The van der Waals surface area contributed by atoms with Crippen LogP contribution in [-0.2, 0) is 11.3 Å². The Kier molecular flexibility index (Phi) is 3.94. The van der Waals surface area contributed by atoms with Crippen molar-refractivity contribution in [2.45, 2.75) is 13.5 Å². The van der Waals surface area contributed by atoms with Gasteiger partial charge in [-0.05, 0) is 30.7 Å². The summed E-state index contributed by atoms with van der Waals surface area (Å²) in [7, 11) is 0. The van der Waals surface area contributed by atoms with Crippen LogP contribution in [0.4, 0.5) is 0 Å². The molecule has 0 fully saturated rings. The van der Waals surface area contributed by atoms with Crippen molar-refractivity contribution in [1.29, 1.82) is 5.26 Å². The minimum Gasteiger partial charge on any atom is -0.461 e. The Balaban J connectivity index is 2.17. The zero-order valence-electron chi connectivity index (χ0n) is 10.5. The quantitative estimate of drug-likeness (QED) is 0.783. The Bertz CT molecular complexity index is 608. The van der Waals surface area contributed by atoms with Gasteiger partial charge in [0.2, 0.25) is 0 Å². The summed E-state index contributed by atoms with van der Waals surface area (Å²) in [6.07, 6.45) is 1.57. The number of carbonyl (C=O) groups excluding carboxylic acids is 1. The molecule has 96 valence electrons. The average Bonchev–Trinajstić information content (AvgIpc) is 2.88. The van der Waals surface area contributed by atoms with E-state index in [9.17, 15) is 4.79 Å². The van der Waals surface area contributed by atoms with Crippen LogP contribution in [0.5, 0.6) is 0 Å². The Hall–Kier alpha value is -2.61. The highest BCUT2D eigenvalue weighted by Crippen LogP contribution is 2.08. The van der Waals surface area contributed by atoms with E-state index in [-0.39, 0.29) is 5.97 Å². The van der Waals surface area contributed by atoms with Gasteiger partial charge in [-0.3, -0.25) is 4.68 Å². The van der Waals surface area contributed by atoms with Gasteiger partial charge >= 0.3 is 5.97 Å². The first-order chi connectivity index (χ1) is 9.24. The van der Waals surface area contributed by atoms with Gasteiger partial charge in [-0.1, -0.05) is 12.1 Å². The van der Waals surface area contributed by atoms with Crippen molar-refractivity contribution in [3.63, 3.8) is 0 Å². The van der Waals surface area contributed by atoms with E-state index in [0.29, 0.717) is 24.4 Å². The van der Waals surface area contributed by atoms with E-state index in [1.165, 1.54) is 0 Å². The van der Waals surface area contributed by atoms with E-state index in [1.807, 2.05) is 12.1 Å². The van der Waals surface area contributed by atoms with Gasteiger partial charge in [-0.25, -0.2) is 4.79 Å². The van der Waals surface area contributed by atoms with E-state index in [2.05, 4.69) is 11.2 Å². The van der Waals surface area contributed by atoms with E-state index >= 15 is 0 Å². The van der Waals surface area contributed by atoms with E-state index in [0.717, 1.165) is 5.56 Å². The van der Waals surface area contributed by atoms with Crippen LogP contribution in [0.2, 0.25) is 0 Å². The first kappa shape index (κ1) is 12.8. The second-order valence-electron chi connectivity index (χ2n) is 3.90. The highest BCUT2D eigenvalue weighted by Gasteiger charge is 2.12. The fourth-order valence-electron chi connectivity index (χ4n) is 1.69. The molecule has 19 heavy (non-hydrogen) atoms. The molecule has 0 aliphatic rings. The Morgan fingerprint density at radius 3 is 2.74 bits per heavy atom. The normalized spacial score (nSPS) is 9.89. The number of nitrogens with zero attached hydrogens (tertiary/aromatic N) is 3. The summed E-state index contributed by atoms with van der Waals surface area (Å²) in [5.74, 6) is -0.381. The molecule has 1 aromatic carbocycles. The molecule has 5 nitrogen and oxygen atoms in total. The maximum Gasteiger partial charge on any atom is 0.356 e. The molecular weight excluding hydrogens is 242 g/mol. The lowest BCUT2D eigenvalue weighted by Crippen LogP contribution is -2.14. The summed E-state index contributed by atoms with van der Waals surface area (Å²) in [6.45, 7) is 2.56. The van der Waals surface area contributed by atoms with Crippen LogP contribution in [0, 0.1) is 11.3 Å². The molecule has 0 aliphatic heterocycles. The molecule has 1 aromatic heterocycles. The maximum atomic E-state index is 11.7. The number of nitriles is 1. The number of esters is 1. The second-order valence-corrected chi connectivity index (χ2v) is 3.90. The topological polar surface area (TPSA) is 67.9 Å². The fourth-order valence-corrected chi connectivity index (χ4v) is 1.69. The molecule has 0 saturated carbocycles. The average molecular weight is 255 g/mol. The Labute approximate surface area is 111 Å². The predicted octanol–water partition coefficient (Wildman–Crippen LogP) is 1.98. The van der Waals surface area contributed by atoms with Crippen molar-refractivity contribution >= 4 is 5.97 Å². The molecule has 0 atom stereocenters. The van der Waals surface area contributed by atoms with Gasteiger partial charge in [0.25, 0.3) is 0 Å². The molecule has 0 bridgehead atoms. The first-order valence-corrected chi connectivity index (χ1v) is 5.92. The number of benzene rings is 1. The SMILES string of the molecule is CCOC(=O)c1ccnn1Cc1ccc(C#N)cc1. The summed E-state index contributed by atoms with van der Waals surface area (Å²) >= 11 is 0. The van der Waals surface area contributed by atoms with Crippen LogP contribution in [-0.4, -0.2) is 22.4 Å². The summed E-state index contributed by atoms with van der Waals surface area (Å²) in [4.78, 5) is 11.7. The lowest BCUT2D eigenvalue weighted by molar-refractivity contribution is 0.0512. The number of aromatic nitrogens is 2. The molecule has 0 saturated heterocycles. The summed E-state index contributed by atoms with van der Waals surface area (Å²) in [6, 6.07) is 10.9. The van der Waals surface area contributed by atoms with Crippen LogP contribution in [0.25, 0.3) is 0 Å². The summed E-state index contributed by atoms with van der Waals surface area (Å²) in [5, 5.41) is 12.8. The third-order valence-electron chi connectivity index (χ3n) is 2.62. The predicted molar refractivity (Wildman–Crippen MR) is 68.4 cm³/mol. The molecule has 0 N–H and O–H groups in total. The van der Waals surface area contributed by atoms with Gasteiger partial charge in [0.15, 0.2) is 0 Å². The molecule has 0 spiro atoms. The molecule has 2 aromatic rings. The molecular formula is C14H13N3O2. The van der Waals surface area contributed by atoms with Crippen molar-refractivity contribution in [1.82, 2.24) is 9.78 Å². The number of ether oxygens (including phenoxy) is 1. The standard InChI is InChI=1S/C14H13N3O2/c1-2-19-14(18)13-7-8-16-17(13)10-12-5-3-11(9-15)4-6-12/h3-8H,2,10H2,1H3. The summed E-state index contributed by atoms with van der Waals surface area (Å²) < 4.78 is 6.54. The van der Waals surface area contributed by atoms with Gasteiger partial charge in [0, 0.05) is 6.20 Å². The van der Waals surface area contributed by atoms with Crippen molar-refractivity contribution in [3.05, 3.63) is 53.3 Å². The highest BCUT2D eigenvalue weighted by atomic mass is 16.5. The first-order valence-electron chi connectivity index (χ1n) is 5.92. The third kappa shape index (κ3) is 2.99. The number of hydrogen-bond donors (Lipinski definition) is 0. The molecule has 1 heterocycles. The largest absolute Gasteiger partial charge is 0.461 e. The zero-order valence-corrected chi connectivity index (χ0v) is 10.5. The maximum absolute atomic E-state index is 11.7. The third-order valence-corrected chi connectivity index (χ3v) is 2.62. The van der Waals surface area contributed by atoms with Crippen molar-refractivity contribution in [2.24, 2.45) is 0 Å². The highest BCUT2D eigenvalue weighted by molar-refractivity contribution is 5.87. The van der Waals surface area contributed by atoms with Crippen molar-refractivity contribution in [3.8, 4) is 6.07 Å². The van der Waals surface area contributed by atoms with E-state index in [1.54, 1.807) is 36.0 Å². The molecule has 2 rings (SSSR count). The van der Waals surface area contributed by atoms with E-state index < -0.39 is 0 Å². The number of rotatable bonds is 4. The lowest BCUT2D eigenvalue weighted by atomic mass is 10.1. The Morgan fingerprint density at radius 2 is 2.11 bits per heavy atom. The van der Waals surface area contributed by atoms with Gasteiger partial charge in [-0.15, -0.1) is 0 Å². The van der Waals surface area contributed by atoms with Gasteiger partial charge in [-0.2, -0.15) is 10.4 Å². The second kappa shape index (κ2) is 5.83. The zero-order chi connectivity index (χ0) is 13.7. The lowest BCUT2D eigenvalue weighted by Gasteiger charge is -2.07. The Morgan fingerprint density at radius 1 is 1.37 bits per heavy atom. The molecule has 0 unspecified atom stereocenters. The smallest absolute Gasteiger partial charge is 0.356 e. The van der Waals surface area contributed by atoms with Gasteiger partial charge < -0.3 is 4.74 Å². The van der Waals surface area contributed by atoms with Crippen molar-refractivity contribution in [2.75, 3.05) is 6.61 Å². The van der Waals surface area contributed by atoms with Gasteiger partial charge in [0.1, 0.15) is 5.69 Å². The van der Waals surface area contributed by atoms with Crippen LogP contribution < -0.4 is 0 Å². The molecule has 5 heteroatoms.